The van der Waals surface area contributed by atoms with Gasteiger partial charge in [0.25, 0.3) is 5.91 Å². The van der Waals surface area contributed by atoms with Crippen molar-refractivity contribution in [2.45, 2.75) is 19.4 Å². The molecule has 1 atom stereocenters. The lowest BCUT2D eigenvalue weighted by molar-refractivity contribution is -0.123. The van der Waals surface area contributed by atoms with E-state index < -0.39 is 0 Å². The molecule has 3 rings (SSSR count). The van der Waals surface area contributed by atoms with Gasteiger partial charge in [0.05, 0.1) is 19.3 Å². The smallest absolute Gasteiger partial charge is 0.258 e. The predicted molar refractivity (Wildman–Crippen MR) is 111 cm³/mol. The fraction of sp³-hybridized carbons (Fsp3) is 0.409. The molecule has 1 fully saturated rings. The van der Waals surface area contributed by atoms with E-state index in [-0.39, 0.29) is 18.6 Å². The van der Waals surface area contributed by atoms with E-state index in [1.54, 1.807) is 0 Å². The molecule has 2 aromatic rings. The summed E-state index contributed by atoms with van der Waals surface area (Å²) < 4.78 is 11.1. The molecule has 0 unspecified atom stereocenters. The summed E-state index contributed by atoms with van der Waals surface area (Å²) in [4.78, 5) is 14.6. The van der Waals surface area contributed by atoms with Crippen molar-refractivity contribution in [2.75, 3.05) is 39.5 Å². The summed E-state index contributed by atoms with van der Waals surface area (Å²) in [5.41, 5.74) is 2.26. The van der Waals surface area contributed by atoms with Gasteiger partial charge in [-0.2, -0.15) is 0 Å². The third kappa shape index (κ3) is 5.71. The fourth-order valence-electron chi connectivity index (χ4n) is 3.30. The van der Waals surface area contributed by atoms with Crippen molar-refractivity contribution in [3.8, 4) is 5.75 Å². The zero-order valence-electron chi connectivity index (χ0n) is 16.2. The second-order valence-electron chi connectivity index (χ2n) is 6.78. The Balaban J connectivity index is 1.57. The lowest BCUT2D eigenvalue weighted by Gasteiger charge is -2.35. The normalized spacial score (nSPS) is 15.8. The van der Waals surface area contributed by atoms with Crippen molar-refractivity contribution < 1.29 is 14.3 Å². The maximum absolute atomic E-state index is 12.3. The summed E-state index contributed by atoms with van der Waals surface area (Å²) in [6, 6.07) is 15.6. The van der Waals surface area contributed by atoms with Crippen LogP contribution < -0.4 is 10.1 Å². The van der Waals surface area contributed by atoms with Crippen molar-refractivity contribution in [1.82, 2.24) is 10.2 Å². The number of nitrogens with zero attached hydrogens (tertiary/aromatic N) is 1. The first-order valence-corrected chi connectivity index (χ1v) is 10.1. The van der Waals surface area contributed by atoms with Gasteiger partial charge in [-0.05, 0) is 35.7 Å². The average molecular weight is 403 g/mol. The van der Waals surface area contributed by atoms with Crippen LogP contribution in [0.2, 0.25) is 5.02 Å². The molecule has 28 heavy (non-hydrogen) atoms. The highest BCUT2D eigenvalue weighted by molar-refractivity contribution is 6.31. The number of morpholine rings is 1. The van der Waals surface area contributed by atoms with E-state index in [2.05, 4.69) is 17.1 Å². The van der Waals surface area contributed by atoms with Gasteiger partial charge in [-0.25, -0.2) is 0 Å². The van der Waals surface area contributed by atoms with Crippen LogP contribution in [-0.2, 0) is 16.0 Å². The molecular weight excluding hydrogens is 376 g/mol. The molecular formula is C22H27ClN2O3. The SMILES string of the molecule is CCc1ccc(OCC(=O)NC[C@@H](c2ccccc2Cl)N2CCOCC2)cc1. The lowest BCUT2D eigenvalue weighted by Crippen LogP contribution is -2.44. The molecule has 1 N–H and O–H groups in total. The highest BCUT2D eigenvalue weighted by Crippen LogP contribution is 2.27. The summed E-state index contributed by atoms with van der Waals surface area (Å²) in [7, 11) is 0. The quantitative estimate of drug-likeness (QED) is 0.734. The van der Waals surface area contributed by atoms with Gasteiger partial charge >= 0.3 is 0 Å². The fourth-order valence-corrected chi connectivity index (χ4v) is 3.56. The molecule has 0 bridgehead atoms. The van der Waals surface area contributed by atoms with Gasteiger partial charge in [-0.1, -0.05) is 48.9 Å². The minimum absolute atomic E-state index is 0.00499. The van der Waals surface area contributed by atoms with E-state index in [1.807, 2.05) is 48.5 Å². The Hall–Kier alpha value is -2.08. The van der Waals surface area contributed by atoms with Crippen LogP contribution in [0.1, 0.15) is 24.1 Å². The molecule has 1 aliphatic rings. The van der Waals surface area contributed by atoms with E-state index in [4.69, 9.17) is 21.1 Å². The Morgan fingerprint density at radius 1 is 1.18 bits per heavy atom. The van der Waals surface area contributed by atoms with Gasteiger partial charge in [0.1, 0.15) is 5.75 Å². The molecule has 1 amide bonds. The van der Waals surface area contributed by atoms with Crippen molar-refractivity contribution in [2.24, 2.45) is 0 Å². The van der Waals surface area contributed by atoms with Crippen LogP contribution in [0.5, 0.6) is 5.75 Å². The van der Waals surface area contributed by atoms with E-state index in [0.717, 1.165) is 25.1 Å². The van der Waals surface area contributed by atoms with Gasteiger partial charge in [0.2, 0.25) is 0 Å². The number of ether oxygens (including phenoxy) is 2. The number of nitrogens with one attached hydrogen (secondary N) is 1. The maximum atomic E-state index is 12.3. The number of carbonyl (C=O) groups excluding carboxylic acids is 1. The van der Waals surface area contributed by atoms with E-state index >= 15 is 0 Å². The highest BCUT2D eigenvalue weighted by atomic mass is 35.5. The van der Waals surface area contributed by atoms with Crippen LogP contribution in [0.3, 0.4) is 0 Å². The number of hydrogen-bond acceptors (Lipinski definition) is 4. The molecule has 6 heteroatoms. The van der Waals surface area contributed by atoms with Gasteiger partial charge in [-0.15, -0.1) is 0 Å². The van der Waals surface area contributed by atoms with Crippen LogP contribution in [-0.4, -0.2) is 50.3 Å². The summed E-state index contributed by atoms with van der Waals surface area (Å²) in [6.07, 6.45) is 0.978. The topological polar surface area (TPSA) is 50.8 Å². The summed E-state index contributed by atoms with van der Waals surface area (Å²) in [5.74, 6) is 0.549. The minimum Gasteiger partial charge on any atom is -0.484 e. The van der Waals surface area contributed by atoms with Crippen LogP contribution >= 0.6 is 11.6 Å². The third-order valence-electron chi connectivity index (χ3n) is 4.94. The van der Waals surface area contributed by atoms with Crippen LogP contribution in [0.25, 0.3) is 0 Å². The highest BCUT2D eigenvalue weighted by Gasteiger charge is 2.24. The Bertz CT molecular complexity index is 761. The molecule has 0 aliphatic carbocycles. The maximum Gasteiger partial charge on any atom is 0.258 e. The molecule has 0 spiro atoms. The number of benzene rings is 2. The zero-order chi connectivity index (χ0) is 19.8. The number of halogens is 1. The Labute approximate surface area is 171 Å². The number of aryl methyl sites for hydroxylation is 1. The van der Waals surface area contributed by atoms with Gasteiger partial charge in [0, 0.05) is 24.7 Å². The molecule has 1 saturated heterocycles. The van der Waals surface area contributed by atoms with E-state index in [9.17, 15) is 4.79 Å². The Morgan fingerprint density at radius 3 is 2.57 bits per heavy atom. The standard InChI is InChI=1S/C22H27ClN2O3/c1-2-17-7-9-18(10-8-17)28-16-22(26)24-15-21(25-11-13-27-14-12-25)19-5-3-4-6-20(19)23/h3-10,21H,2,11-16H2,1H3,(H,24,26)/t21-/m0/s1. The number of amides is 1. The van der Waals surface area contributed by atoms with Gasteiger partial charge in [-0.3, -0.25) is 9.69 Å². The summed E-state index contributed by atoms with van der Waals surface area (Å²) >= 11 is 6.42. The van der Waals surface area contributed by atoms with Gasteiger partial charge in [0.15, 0.2) is 6.61 Å². The third-order valence-corrected chi connectivity index (χ3v) is 5.29. The first-order chi connectivity index (χ1) is 13.7. The monoisotopic (exact) mass is 402 g/mol. The van der Waals surface area contributed by atoms with Gasteiger partial charge < -0.3 is 14.8 Å². The molecule has 150 valence electrons. The number of hydrogen-bond donors (Lipinski definition) is 1. The summed E-state index contributed by atoms with van der Waals surface area (Å²) in [6.45, 7) is 5.56. The summed E-state index contributed by atoms with van der Waals surface area (Å²) in [5, 5.41) is 3.70. The number of carbonyl (C=O) groups is 1. The Kier molecular flexibility index (Phi) is 7.71. The predicted octanol–water partition coefficient (Wildman–Crippen LogP) is 3.47. The average Bonchev–Trinajstić information content (AvgIpc) is 2.74. The molecule has 5 nitrogen and oxygen atoms in total. The second-order valence-corrected chi connectivity index (χ2v) is 7.18. The van der Waals surface area contributed by atoms with Crippen molar-refractivity contribution in [1.29, 1.82) is 0 Å². The second kappa shape index (κ2) is 10.5. The first kappa shape index (κ1) is 20.6. The lowest BCUT2D eigenvalue weighted by atomic mass is 10.0. The van der Waals surface area contributed by atoms with E-state index in [0.29, 0.717) is 30.5 Å². The molecule has 0 saturated carbocycles. The minimum atomic E-state index is -0.148. The molecule has 2 aromatic carbocycles. The Morgan fingerprint density at radius 2 is 1.89 bits per heavy atom. The number of rotatable bonds is 8. The molecule has 0 radical (unpaired) electrons. The first-order valence-electron chi connectivity index (χ1n) is 9.72. The van der Waals surface area contributed by atoms with Crippen LogP contribution in [0.15, 0.2) is 48.5 Å². The van der Waals surface area contributed by atoms with E-state index in [1.165, 1.54) is 5.56 Å². The molecule has 0 aromatic heterocycles. The van der Waals surface area contributed by atoms with Crippen molar-refractivity contribution >= 4 is 17.5 Å². The van der Waals surface area contributed by atoms with Crippen molar-refractivity contribution in [3.63, 3.8) is 0 Å². The zero-order valence-corrected chi connectivity index (χ0v) is 17.0. The van der Waals surface area contributed by atoms with Crippen molar-refractivity contribution in [3.05, 3.63) is 64.7 Å². The molecule has 1 heterocycles. The largest absolute Gasteiger partial charge is 0.484 e. The van der Waals surface area contributed by atoms with Crippen LogP contribution in [0.4, 0.5) is 0 Å². The molecule has 1 aliphatic heterocycles. The van der Waals surface area contributed by atoms with Crippen LogP contribution in [0, 0.1) is 0 Å².